The van der Waals surface area contributed by atoms with E-state index in [1.165, 1.54) is 11.8 Å². The topological polar surface area (TPSA) is 58.2 Å². The third kappa shape index (κ3) is 3.56. The van der Waals surface area contributed by atoms with Gasteiger partial charge >= 0.3 is 0 Å². The Labute approximate surface area is 152 Å². The monoisotopic (exact) mass is 354 g/mol. The Bertz CT molecular complexity index is 810. The summed E-state index contributed by atoms with van der Waals surface area (Å²) < 4.78 is 0. The Kier molecular flexibility index (Phi) is 5.13. The van der Waals surface area contributed by atoms with Crippen molar-refractivity contribution in [2.45, 2.75) is 43.8 Å². The van der Waals surface area contributed by atoms with E-state index in [0.717, 1.165) is 34.6 Å². The number of rotatable bonds is 4. The highest BCUT2D eigenvalue weighted by Crippen LogP contribution is 2.36. The summed E-state index contributed by atoms with van der Waals surface area (Å²) in [5, 5.41) is 5.82. The maximum atomic E-state index is 12.8. The molecule has 1 atom stereocenters. The summed E-state index contributed by atoms with van der Waals surface area (Å²) in [5.41, 5.74) is 4.41. The molecule has 2 aromatic carbocycles. The second-order valence-corrected chi connectivity index (χ2v) is 7.46. The molecule has 0 fully saturated rings. The summed E-state index contributed by atoms with van der Waals surface area (Å²) in [6.07, 6.45) is 1.72. The summed E-state index contributed by atoms with van der Waals surface area (Å²) >= 11 is 1.51. The van der Waals surface area contributed by atoms with Gasteiger partial charge in [-0.25, -0.2) is 0 Å². The van der Waals surface area contributed by atoms with Crippen molar-refractivity contribution < 1.29 is 9.59 Å². The van der Waals surface area contributed by atoms with Crippen LogP contribution in [0.15, 0.2) is 41.3 Å². The zero-order chi connectivity index (χ0) is 18.0. The highest BCUT2D eigenvalue weighted by atomic mass is 32.2. The van der Waals surface area contributed by atoms with Crippen LogP contribution in [0, 0.1) is 0 Å². The maximum Gasteiger partial charge on any atom is 0.255 e. The summed E-state index contributed by atoms with van der Waals surface area (Å²) in [6, 6.07) is 11.6. The summed E-state index contributed by atoms with van der Waals surface area (Å²) in [6.45, 7) is 6.03. The molecule has 2 amide bonds. The quantitative estimate of drug-likeness (QED) is 0.850. The van der Waals surface area contributed by atoms with Crippen molar-refractivity contribution in [1.82, 2.24) is 0 Å². The SMILES string of the molecule is CCc1cccc(CC)c1NC(=O)c1ccc2c(c1)NC(=O)C(C)S2. The van der Waals surface area contributed by atoms with Crippen molar-refractivity contribution in [2.75, 3.05) is 10.6 Å². The van der Waals surface area contributed by atoms with E-state index in [-0.39, 0.29) is 17.1 Å². The number of nitrogens with one attached hydrogen (secondary N) is 2. The van der Waals surface area contributed by atoms with Crippen molar-refractivity contribution in [2.24, 2.45) is 0 Å². The maximum absolute atomic E-state index is 12.8. The first kappa shape index (κ1) is 17.5. The number of thioether (sulfide) groups is 1. The molecular weight excluding hydrogens is 332 g/mol. The predicted molar refractivity (Wildman–Crippen MR) is 104 cm³/mol. The molecule has 25 heavy (non-hydrogen) atoms. The van der Waals surface area contributed by atoms with E-state index in [2.05, 4.69) is 24.5 Å². The first-order chi connectivity index (χ1) is 12.0. The number of hydrogen-bond donors (Lipinski definition) is 2. The zero-order valence-electron chi connectivity index (χ0n) is 14.7. The van der Waals surface area contributed by atoms with Crippen LogP contribution in [0.25, 0.3) is 0 Å². The first-order valence-electron chi connectivity index (χ1n) is 8.57. The van der Waals surface area contributed by atoms with Gasteiger partial charge in [-0.05, 0) is 49.1 Å². The molecule has 0 radical (unpaired) electrons. The molecule has 1 aliphatic rings. The number of fused-ring (bicyclic) bond motifs is 1. The largest absolute Gasteiger partial charge is 0.324 e. The number of carbonyl (C=O) groups is 2. The zero-order valence-corrected chi connectivity index (χ0v) is 15.5. The smallest absolute Gasteiger partial charge is 0.255 e. The van der Waals surface area contributed by atoms with Crippen LogP contribution >= 0.6 is 11.8 Å². The van der Waals surface area contributed by atoms with E-state index in [1.54, 1.807) is 6.07 Å². The summed E-state index contributed by atoms with van der Waals surface area (Å²) in [4.78, 5) is 25.6. The molecule has 130 valence electrons. The van der Waals surface area contributed by atoms with E-state index in [9.17, 15) is 9.59 Å². The third-order valence-electron chi connectivity index (χ3n) is 4.41. The average Bonchev–Trinajstić information content (AvgIpc) is 2.62. The van der Waals surface area contributed by atoms with Gasteiger partial charge in [-0.2, -0.15) is 0 Å². The number of hydrogen-bond acceptors (Lipinski definition) is 3. The van der Waals surface area contributed by atoms with E-state index >= 15 is 0 Å². The van der Waals surface area contributed by atoms with Crippen molar-refractivity contribution in [3.8, 4) is 0 Å². The Morgan fingerprint density at radius 2 is 1.84 bits per heavy atom. The van der Waals surface area contributed by atoms with Gasteiger partial charge in [0.15, 0.2) is 0 Å². The van der Waals surface area contributed by atoms with Gasteiger partial charge in [0.25, 0.3) is 5.91 Å². The van der Waals surface area contributed by atoms with E-state index in [4.69, 9.17) is 0 Å². The number of amides is 2. The van der Waals surface area contributed by atoms with Crippen LogP contribution in [-0.2, 0) is 17.6 Å². The van der Waals surface area contributed by atoms with Crippen LogP contribution in [0.1, 0.15) is 42.3 Å². The Balaban J connectivity index is 1.88. The van der Waals surface area contributed by atoms with Crippen LogP contribution in [0.2, 0.25) is 0 Å². The van der Waals surface area contributed by atoms with Crippen molar-refractivity contribution in [3.05, 3.63) is 53.1 Å². The van der Waals surface area contributed by atoms with Crippen molar-refractivity contribution in [3.63, 3.8) is 0 Å². The summed E-state index contributed by atoms with van der Waals surface area (Å²) in [5.74, 6) is -0.184. The molecule has 0 aliphatic carbocycles. The minimum atomic E-state index is -0.156. The Hall–Kier alpha value is -2.27. The molecule has 0 aromatic heterocycles. The van der Waals surface area contributed by atoms with Crippen LogP contribution < -0.4 is 10.6 Å². The van der Waals surface area contributed by atoms with Gasteiger partial charge in [-0.15, -0.1) is 11.8 Å². The molecule has 0 spiro atoms. The molecule has 1 unspecified atom stereocenters. The Morgan fingerprint density at radius 3 is 2.48 bits per heavy atom. The Morgan fingerprint density at radius 1 is 1.16 bits per heavy atom. The van der Waals surface area contributed by atoms with Crippen molar-refractivity contribution in [1.29, 1.82) is 0 Å². The highest BCUT2D eigenvalue weighted by molar-refractivity contribution is 8.00. The lowest BCUT2D eigenvalue weighted by Crippen LogP contribution is -2.26. The fourth-order valence-electron chi connectivity index (χ4n) is 2.94. The van der Waals surface area contributed by atoms with Crippen LogP contribution in [0.5, 0.6) is 0 Å². The van der Waals surface area contributed by atoms with Gasteiger partial charge in [-0.1, -0.05) is 32.0 Å². The van der Waals surface area contributed by atoms with Gasteiger partial charge in [0.05, 0.1) is 10.9 Å². The second kappa shape index (κ2) is 7.31. The van der Waals surface area contributed by atoms with Crippen LogP contribution in [0.4, 0.5) is 11.4 Å². The van der Waals surface area contributed by atoms with Gasteiger partial charge < -0.3 is 10.6 Å². The number of carbonyl (C=O) groups excluding carboxylic acids is 2. The molecule has 5 heteroatoms. The predicted octanol–water partition coefficient (Wildman–Crippen LogP) is 4.50. The molecule has 0 bridgehead atoms. The van der Waals surface area contributed by atoms with Gasteiger partial charge in [0.1, 0.15) is 0 Å². The first-order valence-corrected chi connectivity index (χ1v) is 9.45. The molecule has 4 nitrogen and oxygen atoms in total. The number of aryl methyl sites for hydroxylation is 2. The van der Waals surface area contributed by atoms with Crippen LogP contribution in [-0.4, -0.2) is 17.1 Å². The van der Waals surface area contributed by atoms with Crippen LogP contribution in [0.3, 0.4) is 0 Å². The third-order valence-corrected chi connectivity index (χ3v) is 5.59. The molecule has 3 rings (SSSR count). The van der Waals surface area contributed by atoms with Gasteiger partial charge in [-0.3, -0.25) is 9.59 Å². The molecule has 2 N–H and O–H groups in total. The molecule has 0 saturated heterocycles. The highest BCUT2D eigenvalue weighted by Gasteiger charge is 2.24. The normalized spacial score (nSPS) is 16.1. The molecular formula is C20H22N2O2S. The van der Waals surface area contributed by atoms with Crippen molar-refractivity contribution >= 4 is 35.0 Å². The number of anilines is 2. The lowest BCUT2D eigenvalue weighted by molar-refractivity contribution is -0.115. The minimum absolute atomic E-state index is 0.0281. The lowest BCUT2D eigenvalue weighted by atomic mass is 10.0. The van der Waals surface area contributed by atoms with Gasteiger partial charge in [0.2, 0.25) is 5.91 Å². The average molecular weight is 354 g/mol. The molecule has 1 aliphatic heterocycles. The number of benzene rings is 2. The molecule has 2 aromatic rings. The van der Waals surface area contributed by atoms with E-state index < -0.39 is 0 Å². The number of para-hydroxylation sites is 1. The minimum Gasteiger partial charge on any atom is -0.324 e. The standard InChI is InChI=1S/C20H22N2O2S/c1-4-13-7-6-8-14(5-2)18(13)22-20(24)15-9-10-17-16(11-15)21-19(23)12(3)25-17/h6-12H,4-5H2,1-3H3,(H,21,23)(H,22,24). The lowest BCUT2D eigenvalue weighted by Gasteiger charge is -2.22. The molecule has 1 heterocycles. The van der Waals surface area contributed by atoms with E-state index in [0.29, 0.717) is 11.3 Å². The fraction of sp³-hybridized carbons (Fsp3) is 0.300. The van der Waals surface area contributed by atoms with Gasteiger partial charge in [0, 0.05) is 16.1 Å². The second-order valence-electron chi connectivity index (χ2n) is 6.07. The van der Waals surface area contributed by atoms with E-state index in [1.807, 2.05) is 37.3 Å². The molecule has 0 saturated carbocycles. The summed E-state index contributed by atoms with van der Waals surface area (Å²) in [7, 11) is 0. The fourth-order valence-corrected chi connectivity index (χ4v) is 3.87.